The lowest BCUT2D eigenvalue weighted by molar-refractivity contribution is -0.385. The van der Waals surface area contributed by atoms with Crippen molar-refractivity contribution in [3.05, 3.63) is 37.8 Å². The van der Waals surface area contributed by atoms with Crippen molar-refractivity contribution in [1.82, 2.24) is 0 Å². The van der Waals surface area contributed by atoms with Crippen molar-refractivity contribution in [2.75, 3.05) is 0 Å². The van der Waals surface area contributed by atoms with Crippen LogP contribution in [0, 0.1) is 10.1 Å². The highest BCUT2D eigenvalue weighted by molar-refractivity contribution is 9.10. The van der Waals surface area contributed by atoms with Crippen LogP contribution in [-0.4, -0.2) is 17.0 Å². The number of hydrogen-bond acceptors (Lipinski definition) is 4. The molecule has 0 fully saturated rings. The standard InChI is InChI=1S/C9H6BrNO4/c1-5(13)7-2-6(4-12)3-8(9(7)10)11(14)15/h2-4H,1H3. The third-order valence-corrected chi connectivity index (χ3v) is 2.62. The highest BCUT2D eigenvalue weighted by Crippen LogP contribution is 2.29. The van der Waals surface area contributed by atoms with Crippen molar-refractivity contribution < 1.29 is 14.5 Å². The molecule has 15 heavy (non-hydrogen) atoms. The first-order chi connectivity index (χ1) is 6.97. The van der Waals surface area contributed by atoms with Crippen LogP contribution < -0.4 is 0 Å². The molecule has 6 heteroatoms. The summed E-state index contributed by atoms with van der Waals surface area (Å²) in [7, 11) is 0. The zero-order valence-electron chi connectivity index (χ0n) is 7.69. The van der Waals surface area contributed by atoms with Crippen molar-refractivity contribution in [1.29, 1.82) is 0 Å². The van der Waals surface area contributed by atoms with E-state index in [-0.39, 0.29) is 27.1 Å². The molecule has 0 radical (unpaired) electrons. The number of carbonyl (C=O) groups is 2. The summed E-state index contributed by atoms with van der Waals surface area (Å²) >= 11 is 2.97. The van der Waals surface area contributed by atoms with E-state index >= 15 is 0 Å². The molecule has 0 bridgehead atoms. The monoisotopic (exact) mass is 271 g/mol. The largest absolute Gasteiger partial charge is 0.298 e. The summed E-state index contributed by atoms with van der Waals surface area (Å²) in [4.78, 5) is 31.6. The molecule has 78 valence electrons. The van der Waals surface area contributed by atoms with E-state index in [1.807, 2.05) is 0 Å². The number of ketones is 1. The lowest BCUT2D eigenvalue weighted by Gasteiger charge is -2.02. The lowest BCUT2D eigenvalue weighted by atomic mass is 10.1. The summed E-state index contributed by atoms with van der Waals surface area (Å²) in [6.07, 6.45) is 0.464. The van der Waals surface area contributed by atoms with Crippen LogP contribution in [0.15, 0.2) is 16.6 Å². The molecule has 0 saturated heterocycles. The molecule has 0 unspecified atom stereocenters. The normalized spacial score (nSPS) is 9.73. The van der Waals surface area contributed by atoms with E-state index in [0.29, 0.717) is 6.29 Å². The molecule has 0 aliphatic rings. The maximum Gasteiger partial charge on any atom is 0.284 e. The van der Waals surface area contributed by atoms with Crippen LogP contribution in [0.1, 0.15) is 27.6 Å². The predicted octanol–water partition coefficient (Wildman–Crippen LogP) is 2.37. The maximum absolute atomic E-state index is 11.1. The minimum absolute atomic E-state index is 0.102. The first-order valence-corrected chi connectivity index (χ1v) is 4.70. The number of rotatable bonds is 3. The van der Waals surface area contributed by atoms with Crippen LogP contribution in [0.2, 0.25) is 0 Å². The number of halogens is 1. The van der Waals surface area contributed by atoms with Gasteiger partial charge in [0.25, 0.3) is 5.69 Å². The summed E-state index contributed by atoms with van der Waals surface area (Å²) < 4.78 is 0.102. The van der Waals surface area contributed by atoms with Gasteiger partial charge in [-0.3, -0.25) is 19.7 Å². The average Bonchev–Trinajstić information content (AvgIpc) is 2.17. The van der Waals surface area contributed by atoms with E-state index in [1.165, 1.54) is 13.0 Å². The third-order valence-electron chi connectivity index (χ3n) is 1.79. The van der Waals surface area contributed by atoms with E-state index in [4.69, 9.17) is 0 Å². The van der Waals surface area contributed by atoms with Crippen LogP contribution in [0.3, 0.4) is 0 Å². The molecule has 0 heterocycles. The second-order valence-electron chi connectivity index (χ2n) is 2.83. The smallest absolute Gasteiger partial charge is 0.284 e. The molecule has 0 saturated carbocycles. The van der Waals surface area contributed by atoms with Gasteiger partial charge >= 0.3 is 0 Å². The van der Waals surface area contributed by atoms with Gasteiger partial charge < -0.3 is 0 Å². The van der Waals surface area contributed by atoms with E-state index in [1.54, 1.807) is 0 Å². The Bertz CT molecular complexity index is 420. The summed E-state index contributed by atoms with van der Waals surface area (Å²) in [6.45, 7) is 1.28. The second kappa shape index (κ2) is 4.31. The SMILES string of the molecule is CC(=O)c1cc(C=O)cc([N+](=O)[O-])c1Br. The van der Waals surface area contributed by atoms with E-state index < -0.39 is 4.92 Å². The molecule has 0 aromatic heterocycles. The zero-order valence-corrected chi connectivity index (χ0v) is 9.28. The molecule has 5 nitrogen and oxygen atoms in total. The number of aldehydes is 1. The zero-order chi connectivity index (χ0) is 11.6. The Hall–Kier alpha value is -1.56. The molecular weight excluding hydrogens is 266 g/mol. The fourth-order valence-electron chi connectivity index (χ4n) is 1.09. The van der Waals surface area contributed by atoms with E-state index in [2.05, 4.69) is 15.9 Å². The van der Waals surface area contributed by atoms with Gasteiger partial charge in [0.15, 0.2) is 5.78 Å². The van der Waals surface area contributed by atoms with Crippen LogP contribution in [0.25, 0.3) is 0 Å². The molecule has 0 amide bonds. The Morgan fingerprint density at radius 3 is 2.53 bits per heavy atom. The second-order valence-corrected chi connectivity index (χ2v) is 3.63. The van der Waals surface area contributed by atoms with Crippen LogP contribution >= 0.6 is 15.9 Å². The number of Topliss-reactive ketones (excluding diaryl/α,β-unsaturated/α-hetero) is 1. The van der Waals surface area contributed by atoms with Gasteiger partial charge in [-0.25, -0.2) is 0 Å². The Morgan fingerprint density at radius 1 is 1.53 bits per heavy atom. The number of hydrogen-bond donors (Lipinski definition) is 0. The number of nitro groups is 1. The molecule has 1 rings (SSSR count). The Labute approximate surface area is 93.4 Å². The number of nitro benzene ring substituents is 1. The minimum Gasteiger partial charge on any atom is -0.298 e. The number of benzene rings is 1. The van der Waals surface area contributed by atoms with Crippen molar-refractivity contribution >= 4 is 33.7 Å². The van der Waals surface area contributed by atoms with Gasteiger partial charge in [-0.15, -0.1) is 0 Å². The van der Waals surface area contributed by atoms with E-state index in [9.17, 15) is 19.7 Å². The molecule has 0 spiro atoms. The Balaban J connectivity index is 3.53. The van der Waals surface area contributed by atoms with Crippen LogP contribution in [-0.2, 0) is 0 Å². The minimum atomic E-state index is -0.649. The van der Waals surface area contributed by atoms with Gasteiger partial charge in [0, 0.05) is 17.2 Å². The third kappa shape index (κ3) is 2.27. The lowest BCUT2D eigenvalue weighted by Crippen LogP contribution is -2.00. The fourth-order valence-corrected chi connectivity index (χ4v) is 1.74. The average molecular weight is 272 g/mol. The highest BCUT2D eigenvalue weighted by Gasteiger charge is 2.19. The molecule has 0 aliphatic carbocycles. The van der Waals surface area contributed by atoms with Crippen molar-refractivity contribution in [3.63, 3.8) is 0 Å². The Morgan fingerprint density at radius 2 is 2.13 bits per heavy atom. The summed E-state index contributed by atoms with van der Waals surface area (Å²) in [5.74, 6) is -0.339. The first-order valence-electron chi connectivity index (χ1n) is 3.91. The molecule has 0 atom stereocenters. The van der Waals surface area contributed by atoms with Gasteiger partial charge in [0.05, 0.1) is 4.92 Å². The summed E-state index contributed by atoms with van der Waals surface area (Å²) in [5.41, 5.74) is -0.0498. The predicted molar refractivity (Wildman–Crippen MR) is 56.2 cm³/mol. The number of carbonyl (C=O) groups excluding carboxylic acids is 2. The van der Waals surface area contributed by atoms with E-state index in [0.717, 1.165) is 6.07 Å². The van der Waals surface area contributed by atoms with Gasteiger partial charge in [0.2, 0.25) is 0 Å². The van der Waals surface area contributed by atoms with Crippen LogP contribution in [0.4, 0.5) is 5.69 Å². The van der Waals surface area contributed by atoms with Gasteiger partial charge in [-0.05, 0) is 28.9 Å². The topological polar surface area (TPSA) is 77.3 Å². The summed E-state index contributed by atoms with van der Waals surface area (Å²) in [6, 6.07) is 2.43. The van der Waals surface area contributed by atoms with Crippen molar-refractivity contribution in [2.24, 2.45) is 0 Å². The molecular formula is C9H6BrNO4. The van der Waals surface area contributed by atoms with Crippen molar-refractivity contribution in [3.8, 4) is 0 Å². The first kappa shape index (κ1) is 11.5. The molecule has 1 aromatic carbocycles. The van der Waals surface area contributed by atoms with Gasteiger partial charge in [-0.2, -0.15) is 0 Å². The molecule has 0 aliphatic heterocycles. The maximum atomic E-state index is 11.1. The quantitative estimate of drug-likeness (QED) is 0.366. The molecule has 1 aromatic rings. The van der Waals surface area contributed by atoms with Crippen LogP contribution in [0.5, 0.6) is 0 Å². The van der Waals surface area contributed by atoms with Gasteiger partial charge in [0.1, 0.15) is 10.8 Å². The number of nitrogens with zero attached hydrogens (tertiary/aromatic N) is 1. The van der Waals surface area contributed by atoms with Crippen molar-refractivity contribution in [2.45, 2.75) is 6.92 Å². The fraction of sp³-hybridized carbons (Fsp3) is 0.111. The summed E-state index contributed by atoms with van der Waals surface area (Å²) in [5, 5.41) is 10.6. The molecule has 0 N–H and O–H groups in total. The Kier molecular flexibility index (Phi) is 3.31. The van der Waals surface area contributed by atoms with Gasteiger partial charge in [-0.1, -0.05) is 0 Å². The highest BCUT2D eigenvalue weighted by atomic mass is 79.9.